The Morgan fingerprint density at radius 1 is 1.67 bits per heavy atom. The molecule has 1 unspecified atom stereocenters. The molecular formula is C8H8ClNS2. The maximum atomic E-state index is 5.72. The van der Waals surface area contributed by atoms with E-state index < -0.39 is 0 Å². The summed E-state index contributed by atoms with van der Waals surface area (Å²) in [6, 6.07) is 4.48. The molecule has 2 rings (SSSR count). The molecule has 0 amide bonds. The lowest BCUT2D eigenvalue weighted by Gasteiger charge is -1.94. The van der Waals surface area contributed by atoms with Crippen LogP contribution in [0.2, 0.25) is 0 Å². The Bertz CT molecular complexity index is 281. The second-order valence-electron chi connectivity index (χ2n) is 2.53. The Kier molecular flexibility index (Phi) is 2.73. The first-order chi connectivity index (χ1) is 5.90. The monoisotopic (exact) mass is 217 g/mol. The summed E-state index contributed by atoms with van der Waals surface area (Å²) in [7, 11) is 0. The second-order valence-corrected chi connectivity index (χ2v) is 4.80. The Labute approximate surface area is 84.8 Å². The van der Waals surface area contributed by atoms with Gasteiger partial charge >= 0.3 is 0 Å². The van der Waals surface area contributed by atoms with Crippen LogP contribution in [0.5, 0.6) is 0 Å². The molecule has 0 saturated carbocycles. The fourth-order valence-corrected chi connectivity index (χ4v) is 3.25. The normalized spacial score (nSPS) is 22.8. The van der Waals surface area contributed by atoms with Crippen molar-refractivity contribution in [2.75, 3.05) is 11.6 Å². The van der Waals surface area contributed by atoms with Gasteiger partial charge in [0, 0.05) is 11.6 Å². The minimum absolute atomic E-state index is 0.328. The second kappa shape index (κ2) is 3.81. The van der Waals surface area contributed by atoms with Gasteiger partial charge in [0.15, 0.2) is 0 Å². The molecule has 0 bridgehead atoms. The van der Waals surface area contributed by atoms with Gasteiger partial charge in [-0.3, -0.25) is 4.99 Å². The first-order valence-corrected chi connectivity index (χ1v) is 6.10. The number of rotatable bonds is 2. The van der Waals surface area contributed by atoms with E-state index in [9.17, 15) is 0 Å². The predicted molar refractivity (Wildman–Crippen MR) is 57.8 cm³/mol. The van der Waals surface area contributed by atoms with Gasteiger partial charge in [-0.05, 0) is 11.4 Å². The molecule has 1 aromatic rings. The molecule has 0 spiro atoms. The highest BCUT2D eigenvalue weighted by molar-refractivity contribution is 8.15. The molecule has 0 radical (unpaired) electrons. The van der Waals surface area contributed by atoms with Crippen molar-refractivity contribution >= 4 is 39.7 Å². The van der Waals surface area contributed by atoms with Crippen LogP contribution in [0, 0.1) is 0 Å². The lowest BCUT2D eigenvalue weighted by atomic mass is 10.4. The molecule has 1 atom stereocenters. The number of hydrogen-bond acceptors (Lipinski definition) is 3. The van der Waals surface area contributed by atoms with E-state index in [1.807, 2.05) is 11.8 Å². The van der Waals surface area contributed by atoms with Crippen molar-refractivity contribution < 1.29 is 0 Å². The van der Waals surface area contributed by atoms with Crippen molar-refractivity contribution in [3.8, 4) is 0 Å². The van der Waals surface area contributed by atoms with Gasteiger partial charge in [-0.2, -0.15) is 0 Å². The fraction of sp³-hybridized carbons (Fsp3) is 0.375. The largest absolute Gasteiger partial charge is 0.271 e. The van der Waals surface area contributed by atoms with E-state index in [0.717, 1.165) is 10.8 Å². The molecule has 1 aromatic heterocycles. The molecule has 0 saturated heterocycles. The Morgan fingerprint density at radius 2 is 2.58 bits per heavy atom. The smallest absolute Gasteiger partial charge is 0.108 e. The van der Waals surface area contributed by atoms with Crippen LogP contribution in [0.15, 0.2) is 22.5 Å². The highest BCUT2D eigenvalue weighted by atomic mass is 35.5. The molecule has 0 fully saturated rings. The summed E-state index contributed by atoms with van der Waals surface area (Å²) < 4.78 is 0. The fourth-order valence-electron chi connectivity index (χ4n) is 1.03. The Hall–Kier alpha value is 0.01000. The maximum Gasteiger partial charge on any atom is 0.108 e. The van der Waals surface area contributed by atoms with Gasteiger partial charge in [-0.15, -0.1) is 34.7 Å². The quantitative estimate of drug-likeness (QED) is 0.694. The van der Waals surface area contributed by atoms with Gasteiger partial charge in [-0.25, -0.2) is 0 Å². The van der Waals surface area contributed by atoms with Crippen molar-refractivity contribution in [2.24, 2.45) is 4.99 Å². The average Bonchev–Trinajstić information content (AvgIpc) is 2.75. The molecule has 1 aliphatic heterocycles. The minimum Gasteiger partial charge on any atom is -0.271 e. The third-order valence-corrected chi connectivity index (χ3v) is 4.13. The molecule has 0 aliphatic carbocycles. The zero-order valence-electron chi connectivity index (χ0n) is 6.37. The van der Waals surface area contributed by atoms with E-state index in [1.54, 1.807) is 11.3 Å². The molecule has 0 aromatic carbocycles. The van der Waals surface area contributed by atoms with Crippen LogP contribution in [0.3, 0.4) is 0 Å². The number of thioether (sulfide) groups is 1. The lowest BCUT2D eigenvalue weighted by Crippen LogP contribution is -2.03. The maximum absolute atomic E-state index is 5.72. The van der Waals surface area contributed by atoms with E-state index >= 15 is 0 Å². The third kappa shape index (κ3) is 1.68. The van der Waals surface area contributed by atoms with E-state index in [2.05, 4.69) is 22.5 Å². The molecule has 1 nitrogen and oxygen atoms in total. The van der Waals surface area contributed by atoms with Crippen LogP contribution < -0.4 is 0 Å². The van der Waals surface area contributed by atoms with Gasteiger partial charge in [0.25, 0.3) is 0 Å². The topological polar surface area (TPSA) is 12.4 Å². The zero-order chi connectivity index (χ0) is 8.39. The standard InChI is InChI=1S/C8H8ClNS2/c9-4-6-5-12-8(10-6)7-2-1-3-11-7/h1-3,6H,4-5H2. The minimum atomic E-state index is 0.328. The van der Waals surface area contributed by atoms with E-state index in [1.165, 1.54) is 4.88 Å². The Morgan fingerprint density at radius 3 is 3.17 bits per heavy atom. The Balaban J connectivity index is 2.16. The molecule has 2 heterocycles. The van der Waals surface area contributed by atoms with Crippen LogP contribution >= 0.6 is 34.7 Å². The number of thiophene rings is 1. The first-order valence-electron chi connectivity index (χ1n) is 3.70. The van der Waals surface area contributed by atoms with Crippen LogP contribution in [0.25, 0.3) is 0 Å². The van der Waals surface area contributed by atoms with Gasteiger partial charge in [-0.1, -0.05) is 6.07 Å². The zero-order valence-corrected chi connectivity index (χ0v) is 8.75. The van der Waals surface area contributed by atoms with Crippen molar-refractivity contribution in [1.29, 1.82) is 0 Å². The molecule has 0 N–H and O–H groups in total. The lowest BCUT2D eigenvalue weighted by molar-refractivity contribution is 0.874. The van der Waals surface area contributed by atoms with Crippen molar-refractivity contribution in [2.45, 2.75) is 6.04 Å². The van der Waals surface area contributed by atoms with Gasteiger partial charge in [0.05, 0.1) is 10.9 Å². The van der Waals surface area contributed by atoms with Crippen molar-refractivity contribution in [3.05, 3.63) is 22.4 Å². The average molecular weight is 218 g/mol. The number of hydrogen-bond donors (Lipinski definition) is 0. The van der Waals surface area contributed by atoms with Gasteiger partial charge in [0.1, 0.15) is 5.04 Å². The summed E-state index contributed by atoms with van der Waals surface area (Å²) in [5.41, 5.74) is 0. The highest BCUT2D eigenvalue weighted by Gasteiger charge is 2.18. The number of aliphatic imine (C=N–C) groups is 1. The number of halogens is 1. The number of nitrogens with zero attached hydrogens (tertiary/aromatic N) is 1. The summed E-state index contributed by atoms with van der Waals surface area (Å²) in [6.45, 7) is 0. The summed E-state index contributed by atoms with van der Waals surface area (Å²) in [5.74, 6) is 1.68. The van der Waals surface area contributed by atoms with Crippen molar-refractivity contribution in [3.63, 3.8) is 0 Å². The van der Waals surface area contributed by atoms with Gasteiger partial charge < -0.3 is 0 Å². The molecule has 1 aliphatic rings. The van der Waals surface area contributed by atoms with Crippen LogP contribution in [-0.4, -0.2) is 22.7 Å². The summed E-state index contributed by atoms with van der Waals surface area (Å²) in [5, 5.41) is 3.24. The first kappa shape index (κ1) is 8.60. The van der Waals surface area contributed by atoms with E-state index in [-0.39, 0.29) is 0 Å². The van der Waals surface area contributed by atoms with E-state index in [4.69, 9.17) is 11.6 Å². The predicted octanol–water partition coefficient (Wildman–Crippen LogP) is 2.85. The molecule has 64 valence electrons. The third-order valence-electron chi connectivity index (χ3n) is 1.62. The van der Waals surface area contributed by atoms with Crippen LogP contribution in [0.4, 0.5) is 0 Å². The highest BCUT2D eigenvalue weighted by Crippen LogP contribution is 2.26. The van der Waals surface area contributed by atoms with Crippen LogP contribution in [-0.2, 0) is 0 Å². The summed E-state index contributed by atoms with van der Waals surface area (Å²) in [4.78, 5) is 5.78. The summed E-state index contributed by atoms with van der Waals surface area (Å²) in [6.07, 6.45) is 0. The van der Waals surface area contributed by atoms with Gasteiger partial charge in [0.2, 0.25) is 0 Å². The van der Waals surface area contributed by atoms with Crippen molar-refractivity contribution in [1.82, 2.24) is 0 Å². The molecule has 4 heteroatoms. The number of alkyl halides is 1. The van der Waals surface area contributed by atoms with Crippen LogP contribution in [0.1, 0.15) is 4.88 Å². The summed E-state index contributed by atoms with van der Waals surface area (Å²) >= 11 is 9.26. The van der Waals surface area contributed by atoms with E-state index in [0.29, 0.717) is 11.9 Å². The SMILES string of the molecule is ClCC1CSC(c2cccs2)=N1. The molecule has 12 heavy (non-hydrogen) atoms. The molecular weight excluding hydrogens is 210 g/mol.